The van der Waals surface area contributed by atoms with Crippen LogP contribution in [0.15, 0.2) is 67.0 Å². The van der Waals surface area contributed by atoms with Gasteiger partial charge >= 0.3 is 6.36 Å². The Morgan fingerprint density at radius 1 is 0.912 bits per heavy atom. The number of nitrogens with one attached hydrogen (secondary N) is 1. The van der Waals surface area contributed by atoms with Crippen LogP contribution in [0.4, 0.5) is 13.2 Å². The molecule has 0 atom stereocenters. The highest BCUT2D eigenvalue weighted by Gasteiger charge is 2.31. The minimum Gasteiger partial charge on any atom is -0.406 e. The number of aromatic amines is 1. The van der Waals surface area contributed by atoms with E-state index in [1.165, 1.54) is 17.7 Å². The highest BCUT2D eigenvalue weighted by atomic mass is 19.4. The number of fused-ring (bicyclic) bond motifs is 1. The lowest BCUT2D eigenvalue weighted by atomic mass is 10.0. The van der Waals surface area contributed by atoms with Gasteiger partial charge in [0.05, 0.1) is 0 Å². The van der Waals surface area contributed by atoms with Gasteiger partial charge in [0.1, 0.15) is 11.4 Å². The maximum atomic E-state index is 12.4. The minimum atomic E-state index is -4.71. The maximum Gasteiger partial charge on any atom is 0.573 e. The highest BCUT2D eigenvalue weighted by Crippen LogP contribution is 2.33. The highest BCUT2D eigenvalue weighted by molar-refractivity contribution is 5.95. The fraction of sp³-hybridized carbons (Fsp3) is 0.269. The molecule has 1 aliphatic rings. The van der Waals surface area contributed by atoms with Crippen LogP contribution in [0.2, 0.25) is 0 Å². The summed E-state index contributed by atoms with van der Waals surface area (Å²) in [5, 5.41) is 0.906. The number of pyridine rings is 1. The van der Waals surface area contributed by atoms with Crippen molar-refractivity contribution in [1.82, 2.24) is 19.8 Å². The number of hydrogen-bond donors (Lipinski definition) is 1. The summed E-state index contributed by atoms with van der Waals surface area (Å²) in [6, 6.07) is 16.5. The van der Waals surface area contributed by atoms with Gasteiger partial charge in [0.15, 0.2) is 0 Å². The van der Waals surface area contributed by atoms with Crippen LogP contribution in [0, 0.1) is 0 Å². The van der Waals surface area contributed by atoms with E-state index in [2.05, 4.69) is 61.9 Å². The standard InChI is InChI=1S/C26H25F3N4O/c1-32-10-12-33(13-11-32)17-18-2-4-19(5-3-18)21-14-23-24(16-31-25(23)30-15-21)20-6-8-22(9-7-20)34-26(27,28)29/h2-9,14-16H,10-13,17H2,1H3,(H,30,31). The number of piperazine rings is 1. The molecule has 2 aromatic heterocycles. The Bertz CT molecular complexity index is 1260. The van der Waals surface area contributed by atoms with Crippen LogP contribution in [0.5, 0.6) is 5.75 Å². The summed E-state index contributed by atoms with van der Waals surface area (Å²) in [7, 11) is 2.16. The zero-order chi connectivity index (χ0) is 23.7. The summed E-state index contributed by atoms with van der Waals surface area (Å²) in [5.41, 5.74) is 5.71. The summed E-state index contributed by atoms with van der Waals surface area (Å²) in [6.45, 7) is 5.31. The first kappa shape index (κ1) is 22.4. The monoisotopic (exact) mass is 466 g/mol. The molecular formula is C26H25F3N4O. The lowest BCUT2D eigenvalue weighted by Crippen LogP contribution is -2.43. The molecule has 1 fully saturated rings. The van der Waals surface area contributed by atoms with Gasteiger partial charge in [-0.3, -0.25) is 4.90 Å². The number of benzene rings is 2. The molecule has 1 N–H and O–H groups in total. The van der Waals surface area contributed by atoms with Crippen molar-refractivity contribution in [3.8, 4) is 28.0 Å². The van der Waals surface area contributed by atoms with Crippen molar-refractivity contribution < 1.29 is 17.9 Å². The van der Waals surface area contributed by atoms with Gasteiger partial charge in [-0.2, -0.15) is 0 Å². The Morgan fingerprint density at radius 2 is 1.59 bits per heavy atom. The molecule has 4 aromatic rings. The van der Waals surface area contributed by atoms with Gasteiger partial charge in [-0.1, -0.05) is 36.4 Å². The third-order valence-electron chi connectivity index (χ3n) is 6.22. The molecule has 0 unspecified atom stereocenters. The van der Waals surface area contributed by atoms with Crippen LogP contribution >= 0.6 is 0 Å². The number of likely N-dealkylation sites (N-methyl/N-ethyl adjacent to an activating group) is 1. The maximum absolute atomic E-state index is 12.4. The van der Waals surface area contributed by atoms with Crippen molar-refractivity contribution in [2.75, 3.05) is 33.2 Å². The molecule has 5 rings (SSSR count). The first-order valence-electron chi connectivity index (χ1n) is 11.2. The zero-order valence-corrected chi connectivity index (χ0v) is 18.8. The Kier molecular flexibility index (Phi) is 6.02. The van der Waals surface area contributed by atoms with E-state index in [1.807, 2.05) is 12.4 Å². The molecule has 0 amide bonds. The molecule has 1 aliphatic heterocycles. The lowest BCUT2D eigenvalue weighted by Gasteiger charge is -2.32. The van der Waals surface area contributed by atoms with E-state index in [9.17, 15) is 13.2 Å². The Morgan fingerprint density at radius 3 is 2.26 bits per heavy atom. The van der Waals surface area contributed by atoms with Crippen LogP contribution in [-0.4, -0.2) is 59.4 Å². The normalized spacial score (nSPS) is 15.6. The smallest absolute Gasteiger partial charge is 0.406 e. The van der Waals surface area contributed by atoms with Crippen LogP contribution < -0.4 is 4.74 Å². The predicted molar refractivity (Wildman–Crippen MR) is 126 cm³/mol. The fourth-order valence-corrected chi connectivity index (χ4v) is 4.30. The predicted octanol–water partition coefficient (Wildman–Crippen LogP) is 5.54. The zero-order valence-electron chi connectivity index (χ0n) is 18.8. The number of nitrogens with zero attached hydrogens (tertiary/aromatic N) is 3. The van der Waals surface area contributed by atoms with Gasteiger partial charge < -0.3 is 14.6 Å². The number of halogens is 3. The molecule has 2 aromatic carbocycles. The molecule has 0 aliphatic carbocycles. The van der Waals surface area contributed by atoms with Crippen LogP contribution in [-0.2, 0) is 6.54 Å². The van der Waals surface area contributed by atoms with Crippen molar-refractivity contribution in [2.45, 2.75) is 12.9 Å². The third-order valence-corrected chi connectivity index (χ3v) is 6.22. The summed E-state index contributed by atoms with van der Waals surface area (Å²) in [5.74, 6) is -0.244. The van der Waals surface area contributed by atoms with Gasteiger partial charge in [-0.05, 0) is 41.9 Å². The molecule has 0 saturated carbocycles. The summed E-state index contributed by atoms with van der Waals surface area (Å²) in [4.78, 5) is 12.5. The largest absolute Gasteiger partial charge is 0.573 e. The van der Waals surface area contributed by atoms with Gasteiger partial charge in [-0.15, -0.1) is 13.2 Å². The molecule has 3 heterocycles. The topological polar surface area (TPSA) is 44.4 Å². The first-order valence-corrected chi connectivity index (χ1v) is 11.2. The average molecular weight is 467 g/mol. The molecular weight excluding hydrogens is 441 g/mol. The van der Waals surface area contributed by atoms with Gasteiger partial charge in [0.25, 0.3) is 0 Å². The Balaban J connectivity index is 1.35. The SMILES string of the molecule is CN1CCN(Cc2ccc(-c3cnc4[nH]cc(-c5ccc(OC(F)(F)F)cc5)c4c3)cc2)CC1. The van der Waals surface area contributed by atoms with E-state index in [0.717, 1.165) is 66.0 Å². The van der Waals surface area contributed by atoms with E-state index >= 15 is 0 Å². The summed E-state index contributed by atoms with van der Waals surface area (Å²) in [6.07, 6.45) is -1.06. The van der Waals surface area contributed by atoms with Crippen LogP contribution in [0.25, 0.3) is 33.3 Å². The second kappa shape index (κ2) is 9.12. The number of rotatable bonds is 5. The molecule has 8 heteroatoms. The number of hydrogen-bond acceptors (Lipinski definition) is 4. The molecule has 0 spiro atoms. The number of aromatic nitrogens is 2. The molecule has 176 valence electrons. The summed E-state index contributed by atoms with van der Waals surface area (Å²) >= 11 is 0. The van der Waals surface area contributed by atoms with Crippen LogP contribution in [0.3, 0.4) is 0 Å². The third kappa shape index (κ3) is 5.08. The second-order valence-corrected chi connectivity index (χ2v) is 8.67. The van der Waals surface area contributed by atoms with Crippen molar-refractivity contribution in [3.63, 3.8) is 0 Å². The van der Waals surface area contributed by atoms with Gasteiger partial charge in [0, 0.05) is 61.6 Å². The van der Waals surface area contributed by atoms with E-state index in [0.29, 0.717) is 0 Å². The van der Waals surface area contributed by atoms with Crippen molar-refractivity contribution >= 4 is 11.0 Å². The molecule has 1 saturated heterocycles. The molecule has 34 heavy (non-hydrogen) atoms. The second-order valence-electron chi connectivity index (χ2n) is 8.67. The van der Waals surface area contributed by atoms with E-state index in [1.54, 1.807) is 12.1 Å². The quantitative estimate of drug-likeness (QED) is 0.419. The van der Waals surface area contributed by atoms with E-state index in [-0.39, 0.29) is 5.75 Å². The number of H-pyrrole nitrogens is 1. The minimum absolute atomic E-state index is 0.244. The average Bonchev–Trinajstić information content (AvgIpc) is 3.24. The van der Waals surface area contributed by atoms with Crippen molar-refractivity contribution in [1.29, 1.82) is 0 Å². The molecule has 0 radical (unpaired) electrons. The number of alkyl halides is 3. The Hall–Kier alpha value is -3.36. The lowest BCUT2D eigenvalue weighted by molar-refractivity contribution is -0.274. The van der Waals surface area contributed by atoms with Gasteiger partial charge in [-0.25, -0.2) is 4.98 Å². The van der Waals surface area contributed by atoms with Crippen molar-refractivity contribution in [2.24, 2.45) is 0 Å². The van der Waals surface area contributed by atoms with E-state index in [4.69, 9.17) is 0 Å². The first-order chi connectivity index (χ1) is 16.3. The molecule has 5 nitrogen and oxygen atoms in total. The number of ether oxygens (including phenoxy) is 1. The summed E-state index contributed by atoms with van der Waals surface area (Å²) < 4.78 is 41.3. The molecule has 0 bridgehead atoms. The fourth-order valence-electron chi connectivity index (χ4n) is 4.30. The van der Waals surface area contributed by atoms with Gasteiger partial charge in [0.2, 0.25) is 0 Å². The Labute approximate surface area is 195 Å². The van der Waals surface area contributed by atoms with Crippen molar-refractivity contribution in [3.05, 3.63) is 72.6 Å². The van der Waals surface area contributed by atoms with Crippen LogP contribution in [0.1, 0.15) is 5.56 Å². The van der Waals surface area contributed by atoms with E-state index < -0.39 is 6.36 Å².